The van der Waals surface area contributed by atoms with Gasteiger partial charge in [0.15, 0.2) is 11.6 Å². The Hall–Kier alpha value is -0.570. The maximum atomic E-state index is 13.5. The summed E-state index contributed by atoms with van der Waals surface area (Å²) in [5, 5.41) is 0.893. The van der Waals surface area contributed by atoms with Crippen molar-refractivity contribution in [1.82, 2.24) is 0 Å². The van der Waals surface area contributed by atoms with Crippen LogP contribution in [0.4, 0.5) is 4.39 Å². The van der Waals surface area contributed by atoms with Crippen molar-refractivity contribution in [2.24, 2.45) is 0 Å². The highest BCUT2D eigenvalue weighted by molar-refractivity contribution is 9.09. The third-order valence-electron chi connectivity index (χ3n) is 1.84. The summed E-state index contributed by atoms with van der Waals surface area (Å²) in [6.45, 7) is 0. The lowest BCUT2D eigenvalue weighted by Crippen LogP contribution is -1.95. The lowest BCUT2D eigenvalue weighted by Gasteiger charge is -2.05. The molecular formula is C10H12BrFO. The Morgan fingerprint density at radius 3 is 2.85 bits per heavy atom. The van der Waals surface area contributed by atoms with E-state index in [-0.39, 0.29) is 5.82 Å². The summed E-state index contributed by atoms with van der Waals surface area (Å²) in [5.41, 5.74) is 0.721. The van der Waals surface area contributed by atoms with E-state index in [1.165, 1.54) is 7.11 Å². The van der Waals surface area contributed by atoms with Gasteiger partial charge in [0.05, 0.1) is 7.11 Å². The van der Waals surface area contributed by atoms with E-state index in [2.05, 4.69) is 15.9 Å². The Labute approximate surface area is 86.0 Å². The van der Waals surface area contributed by atoms with Gasteiger partial charge in [-0.1, -0.05) is 28.1 Å². The number of hydrogen-bond donors (Lipinski definition) is 0. The molecular weight excluding hydrogens is 235 g/mol. The monoisotopic (exact) mass is 246 g/mol. The Bertz CT molecular complexity index is 276. The molecule has 0 aliphatic carbocycles. The predicted molar refractivity (Wildman–Crippen MR) is 55.1 cm³/mol. The van der Waals surface area contributed by atoms with E-state index >= 15 is 0 Å². The lowest BCUT2D eigenvalue weighted by molar-refractivity contribution is 0.384. The van der Waals surface area contributed by atoms with E-state index in [4.69, 9.17) is 4.74 Å². The zero-order chi connectivity index (χ0) is 9.68. The van der Waals surface area contributed by atoms with Gasteiger partial charge < -0.3 is 4.74 Å². The number of halogens is 2. The van der Waals surface area contributed by atoms with E-state index in [0.717, 1.165) is 23.7 Å². The van der Waals surface area contributed by atoms with Gasteiger partial charge in [0.1, 0.15) is 0 Å². The number of hydrogen-bond acceptors (Lipinski definition) is 1. The summed E-state index contributed by atoms with van der Waals surface area (Å²) >= 11 is 3.31. The SMILES string of the molecule is COc1cccc(CCCBr)c1F. The van der Waals surface area contributed by atoms with Crippen LogP contribution >= 0.6 is 15.9 Å². The molecule has 0 spiro atoms. The molecule has 0 amide bonds. The summed E-state index contributed by atoms with van der Waals surface area (Å²) < 4.78 is 18.3. The second-order valence-corrected chi connectivity index (χ2v) is 3.52. The van der Waals surface area contributed by atoms with Gasteiger partial charge in [-0.3, -0.25) is 0 Å². The van der Waals surface area contributed by atoms with Crippen molar-refractivity contribution in [2.75, 3.05) is 12.4 Å². The van der Waals surface area contributed by atoms with Crippen molar-refractivity contribution in [2.45, 2.75) is 12.8 Å². The molecule has 13 heavy (non-hydrogen) atoms. The van der Waals surface area contributed by atoms with Gasteiger partial charge in [0.2, 0.25) is 0 Å². The molecule has 0 N–H and O–H groups in total. The number of benzene rings is 1. The quantitative estimate of drug-likeness (QED) is 0.742. The van der Waals surface area contributed by atoms with Crippen LogP contribution in [0.1, 0.15) is 12.0 Å². The van der Waals surface area contributed by atoms with Crippen molar-refractivity contribution >= 4 is 15.9 Å². The van der Waals surface area contributed by atoms with Gasteiger partial charge in [-0.15, -0.1) is 0 Å². The van der Waals surface area contributed by atoms with Crippen LogP contribution < -0.4 is 4.74 Å². The molecule has 72 valence electrons. The van der Waals surface area contributed by atoms with E-state index in [1.54, 1.807) is 12.1 Å². The molecule has 0 saturated heterocycles. The van der Waals surface area contributed by atoms with Crippen LogP contribution in [0, 0.1) is 5.82 Å². The summed E-state index contributed by atoms with van der Waals surface area (Å²) in [6, 6.07) is 5.24. The first-order valence-corrected chi connectivity index (χ1v) is 5.29. The second-order valence-electron chi connectivity index (χ2n) is 2.73. The minimum atomic E-state index is -0.231. The van der Waals surface area contributed by atoms with Gasteiger partial charge >= 0.3 is 0 Å². The Kier molecular flexibility index (Phi) is 4.22. The number of aryl methyl sites for hydroxylation is 1. The van der Waals surface area contributed by atoms with Gasteiger partial charge in [0.25, 0.3) is 0 Å². The van der Waals surface area contributed by atoms with Crippen LogP contribution in [0.2, 0.25) is 0 Å². The van der Waals surface area contributed by atoms with Crippen LogP contribution in [0.5, 0.6) is 5.75 Å². The molecule has 0 saturated carbocycles. The number of alkyl halides is 1. The summed E-state index contributed by atoms with van der Waals surface area (Å²) in [5.74, 6) is 0.0954. The summed E-state index contributed by atoms with van der Waals surface area (Å²) in [7, 11) is 1.48. The Balaban J connectivity index is 2.81. The molecule has 1 rings (SSSR count). The standard InChI is InChI=1S/C10H12BrFO/c1-13-9-6-2-4-8(10(9)12)5-3-7-11/h2,4,6H,3,5,7H2,1H3. The molecule has 0 aliphatic heterocycles. The van der Waals surface area contributed by atoms with Gasteiger partial charge in [-0.2, -0.15) is 0 Å². The van der Waals surface area contributed by atoms with Crippen molar-refractivity contribution in [3.8, 4) is 5.75 Å². The van der Waals surface area contributed by atoms with E-state index < -0.39 is 0 Å². The normalized spacial score (nSPS) is 10.1. The Morgan fingerprint density at radius 1 is 1.46 bits per heavy atom. The second kappa shape index (κ2) is 5.22. The van der Waals surface area contributed by atoms with E-state index in [1.807, 2.05) is 6.07 Å². The molecule has 0 unspecified atom stereocenters. The van der Waals surface area contributed by atoms with Crippen LogP contribution in [0.15, 0.2) is 18.2 Å². The van der Waals surface area contributed by atoms with E-state index in [0.29, 0.717) is 5.75 Å². The zero-order valence-electron chi connectivity index (χ0n) is 7.52. The van der Waals surface area contributed by atoms with E-state index in [9.17, 15) is 4.39 Å². The number of methoxy groups -OCH3 is 1. The predicted octanol–water partition coefficient (Wildman–Crippen LogP) is 3.16. The van der Waals surface area contributed by atoms with Crippen LogP contribution in [-0.2, 0) is 6.42 Å². The maximum absolute atomic E-state index is 13.5. The van der Waals surface area contributed by atoms with Crippen molar-refractivity contribution in [3.63, 3.8) is 0 Å². The molecule has 1 aromatic carbocycles. The minimum absolute atomic E-state index is 0.231. The molecule has 1 aromatic rings. The summed E-state index contributed by atoms with van der Waals surface area (Å²) in [6.07, 6.45) is 1.68. The molecule has 1 nitrogen and oxygen atoms in total. The van der Waals surface area contributed by atoms with Gasteiger partial charge in [0, 0.05) is 5.33 Å². The average molecular weight is 247 g/mol. The lowest BCUT2D eigenvalue weighted by atomic mass is 10.1. The fourth-order valence-corrected chi connectivity index (χ4v) is 1.44. The first-order chi connectivity index (χ1) is 6.29. The smallest absolute Gasteiger partial charge is 0.168 e. The van der Waals surface area contributed by atoms with Crippen molar-refractivity contribution in [3.05, 3.63) is 29.6 Å². The third kappa shape index (κ3) is 2.69. The fraction of sp³-hybridized carbons (Fsp3) is 0.400. The topological polar surface area (TPSA) is 9.23 Å². The van der Waals surface area contributed by atoms with Crippen molar-refractivity contribution < 1.29 is 9.13 Å². The van der Waals surface area contributed by atoms with Crippen LogP contribution in [0.3, 0.4) is 0 Å². The molecule has 0 aromatic heterocycles. The first kappa shape index (κ1) is 10.5. The molecule has 0 radical (unpaired) electrons. The van der Waals surface area contributed by atoms with Gasteiger partial charge in [-0.05, 0) is 24.5 Å². The highest BCUT2D eigenvalue weighted by Gasteiger charge is 2.06. The van der Waals surface area contributed by atoms with Gasteiger partial charge in [-0.25, -0.2) is 4.39 Å². The summed E-state index contributed by atoms with van der Waals surface area (Å²) in [4.78, 5) is 0. The third-order valence-corrected chi connectivity index (χ3v) is 2.40. The molecule has 0 aliphatic rings. The maximum Gasteiger partial charge on any atom is 0.168 e. The minimum Gasteiger partial charge on any atom is -0.494 e. The highest BCUT2D eigenvalue weighted by Crippen LogP contribution is 2.20. The molecule has 0 atom stereocenters. The molecule has 0 heterocycles. The number of ether oxygens (including phenoxy) is 1. The number of rotatable bonds is 4. The first-order valence-electron chi connectivity index (χ1n) is 4.17. The zero-order valence-corrected chi connectivity index (χ0v) is 9.10. The van der Waals surface area contributed by atoms with Crippen LogP contribution in [0.25, 0.3) is 0 Å². The fourth-order valence-electron chi connectivity index (χ4n) is 1.16. The highest BCUT2D eigenvalue weighted by atomic mass is 79.9. The largest absolute Gasteiger partial charge is 0.494 e. The Morgan fingerprint density at radius 2 is 2.23 bits per heavy atom. The molecule has 0 bridgehead atoms. The molecule has 0 fully saturated rings. The van der Waals surface area contributed by atoms with Crippen molar-refractivity contribution in [1.29, 1.82) is 0 Å². The average Bonchev–Trinajstić information content (AvgIpc) is 2.16. The molecule has 3 heteroatoms. The van der Waals surface area contributed by atoms with Crippen LogP contribution in [-0.4, -0.2) is 12.4 Å².